The van der Waals surface area contributed by atoms with Gasteiger partial charge in [-0.25, -0.2) is 0 Å². The average molecular weight is 368 g/mol. The normalized spacial score (nSPS) is 12.4. The summed E-state index contributed by atoms with van der Waals surface area (Å²) in [6.07, 6.45) is 0. The summed E-state index contributed by atoms with van der Waals surface area (Å²) in [6, 6.07) is 7.94. The lowest BCUT2D eigenvalue weighted by Gasteiger charge is -2.15. The van der Waals surface area contributed by atoms with Crippen molar-refractivity contribution in [3.63, 3.8) is 0 Å². The standard InChI is InChI=1S/C16H21N3OS3/c1-5-21-15-18-19-16(23-15)22-11(4)14(20)17-13-9-7-6-8-12(13)10(2)3/h6-11H,5H2,1-4H3,(H,17,20). The fraction of sp³-hybridized carbons (Fsp3) is 0.438. The fourth-order valence-electron chi connectivity index (χ4n) is 1.98. The summed E-state index contributed by atoms with van der Waals surface area (Å²) in [6.45, 7) is 8.22. The number of para-hydroxylation sites is 1. The number of nitrogens with zero attached hydrogens (tertiary/aromatic N) is 2. The molecule has 0 aliphatic heterocycles. The summed E-state index contributed by atoms with van der Waals surface area (Å²) in [5.74, 6) is 1.33. The number of carbonyl (C=O) groups excluding carboxylic acids is 1. The van der Waals surface area contributed by atoms with E-state index in [1.807, 2.05) is 25.1 Å². The second kappa shape index (κ2) is 8.70. The molecule has 1 N–H and O–H groups in total. The minimum Gasteiger partial charge on any atom is -0.325 e. The molecular weight excluding hydrogens is 346 g/mol. The van der Waals surface area contributed by atoms with Gasteiger partial charge in [0.2, 0.25) is 5.91 Å². The van der Waals surface area contributed by atoms with Crippen LogP contribution in [-0.2, 0) is 4.79 Å². The molecule has 23 heavy (non-hydrogen) atoms. The van der Waals surface area contributed by atoms with Crippen LogP contribution in [0.2, 0.25) is 0 Å². The van der Waals surface area contributed by atoms with Crippen LogP contribution >= 0.6 is 34.9 Å². The van der Waals surface area contributed by atoms with Crippen molar-refractivity contribution >= 4 is 46.5 Å². The molecule has 0 spiro atoms. The zero-order valence-electron chi connectivity index (χ0n) is 13.7. The first-order chi connectivity index (χ1) is 11.0. The number of benzene rings is 1. The zero-order valence-corrected chi connectivity index (χ0v) is 16.1. The van der Waals surface area contributed by atoms with Gasteiger partial charge in [-0.05, 0) is 30.2 Å². The van der Waals surface area contributed by atoms with Gasteiger partial charge in [0.1, 0.15) is 0 Å². The first kappa shape index (κ1) is 18.3. The smallest absolute Gasteiger partial charge is 0.237 e. The van der Waals surface area contributed by atoms with Crippen LogP contribution in [0.5, 0.6) is 0 Å². The first-order valence-electron chi connectivity index (χ1n) is 7.54. The Morgan fingerprint density at radius 1 is 1.22 bits per heavy atom. The van der Waals surface area contributed by atoms with Gasteiger partial charge in [0.15, 0.2) is 8.68 Å². The Kier molecular flexibility index (Phi) is 6.92. The van der Waals surface area contributed by atoms with Crippen molar-refractivity contribution in [2.24, 2.45) is 0 Å². The van der Waals surface area contributed by atoms with E-state index in [1.165, 1.54) is 11.8 Å². The summed E-state index contributed by atoms with van der Waals surface area (Å²) < 4.78 is 1.79. The van der Waals surface area contributed by atoms with Gasteiger partial charge in [0, 0.05) is 5.69 Å². The van der Waals surface area contributed by atoms with Crippen LogP contribution in [0.25, 0.3) is 0 Å². The average Bonchev–Trinajstić information content (AvgIpc) is 2.95. The van der Waals surface area contributed by atoms with Crippen LogP contribution in [0.15, 0.2) is 32.9 Å². The number of hydrogen-bond acceptors (Lipinski definition) is 6. The van der Waals surface area contributed by atoms with E-state index in [0.29, 0.717) is 5.92 Å². The second-order valence-corrected chi connectivity index (χ2v) is 9.33. The van der Waals surface area contributed by atoms with Gasteiger partial charge in [-0.1, -0.05) is 73.8 Å². The SMILES string of the molecule is CCSc1nnc(SC(C)C(=O)Nc2ccccc2C(C)C)s1. The highest BCUT2D eigenvalue weighted by atomic mass is 32.2. The maximum Gasteiger partial charge on any atom is 0.237 e. The molecule has 1 aromatic heterocycles. The van der Waals surface area contributed by atoms with Crippen LogP contribution in [0.3, 0.4) is 0 Å². The summed E-state index contributed by atoms with van der Waals surface area (Å²) in [7, 11) is 0. The van der Waals surface area contributed by atoms with Gasteiger partial charge in [-0.2, -0.15) is 0 Å². The maximum absolute atomic E-state index is 12.4. The molecule has 0 aliphatic carbocycles. The van der Waals surface area contributed by atoms with E-state index in [4.69, 9.17) is 0 Å². The van der Waals surface area contributed by atoms with Crippen LogP contribution in [0.4, 0.5) is 5.69 Å². The van der Waals surface area contributed by atoms with E-state index in [9.17, 15) is 4.79 Å². The van der Waals surface area contributed by atoms with E-state index in [2.05, 4.69) is 42.4 Å². The highest BCUT2D eigenvalue weighted by Gasteiger charge is 2.18. The van der Waals surface area contributed by atoms with Gasteiger partial charge in [0.05, 0.1) is 5.25 Å². The van der Waals surface area contributed by atoms with Crippen LogP contribution < -0.4 is 5.32 Å². The Bertz CT molecular complexity index is 658. The molecule has 0 aliphatic rings. The lowest BCUT2D eigenvalue weighted by Crippen LogP contribution is -2.23. The third-order valence-corrected chi connectivity index (χ3v) is 6.27. The van der Waals surface area contributed by atoms with Crippen molar-refractivity contribution in [1.82, 2.24) is 10.2 Å². The number of nitrogens with one attached hydrogen (secondary N) is 1. The minimum atomic E-state index is -0.220. The van der Waals surface area contributed by atoms with Gasteiger partial charge < -0.3 is 5.32 Å². The summed E-state index contributed by atoms with van der Waals surface area (Å²) in [5.41, 5.74) is 2.04. The maximum atomic E-state index is 12.4. The lowest BCUT2D eigenvalue weighted by molar-refractivity contribution is -0.115. The van der Waals surface area contributed by atoms with Crippen molar-refractivity contribution in [2.75, 3.05) is 11.1 Å². The second-order valence-electron chi connectivity index (χ2n) is 5.26. The molecule has 1 atom stereocenters. The summed E-state index contributed by atoms with van der Waals surface area (Å²) in [5, 5.41) is 11.1. The quantitative estimate of drug-likeness (QED) is 0.706. The number of rotatable bonds is 7. The molecule has 0 saturated carbocycles. The third-order valence-electron chi connectivity index (χ3n) is 3.14. The number of amides is 1. The highest BCUT2D eigenvalue weighted by Crippen LogP contribution is 2.32. The fourth-order valence-corrected chi connectivity index (χ4v) is 5.04. The Balaban J connectivity index is 1.99. The summed E-state index contributed by atoms with van der Waals surface area (Å²) in [4.78, 5) is 12.4. The minimum absolute atomic E-state index is 0.0111. The van der Waals surface area contributed by atoms with Gasteiger partial charge in [0.25, 0.3) is 0 Å². The Morgan fingerprint density at radius 2 is 1.91 bits per heavy atom. The van der Waals surface area contributed by atoms with Gasteiger partial charge in [-0.15, -0.1) is 10.2 Å². The predicted molar refractivity (Wildman–Crippen MR) is 101 cm³/mol. The molecule has 124 valence electrons. The van der Waals surface area contributed by atoms with Crippen molar-refractivity contribution in [1.29, 1.82) is 0 Å². The topological polar surface area (TPSA) is 54.9 Å². The number of aromatic nitrogens is 2. The molecule has 0 fully saturated rings. The Hall–Kier alpha value is -1.05. The number of carbonyl (C=O) groups is 1. The lowest BCUT2D eigenvalue weighted by atomic mass is 10.0. The Labute approximate surface area is 149 Å². The van der Waals surface area contributed by atoms with Crippen molar-refractivity contribution in [3.05, 3.63) is 29.8 Å². The molecule has 1 heterocycles. The van der Waals surface area contributed by atoms with Crippen LogP contribution in [0, 0.1) is 0 Å². The van der Waals surface area contributed by atoms with Crippen molar-refractivity contribution in [2.45, 2.75) is 47.5 Å². The molecule has 7 heteroatoms. The van der Waals surface area contributed by atoms with E-state index in [1.54, 1.807) is 23.1 Å². The van der Waals surface area contributed by atoms with Crippen LogP contribution in [0.1, 0.15) is 39.2 Å². The van der Waals surface area contributed by atoms with E-state index >= 15 is 0 Å². The molecule has 1 amide bonds. The molecule has 1 unspecified atom stereocenters. The molecule has 1 aromatic carbocycles. The third kappa shape index (κ3) is 5.22. The molecule has 4 nitrogen and oxygen atoms in total. The predicted octanol–water partition coefficient (Wildman–Crippen LogP) is 4.89. The van der Waals surface area contributed by atoms with Crippen molar-refractivity contribution in [3.8, 4) is 0 Å². The molecule has 0 radical (unpaired) electrons. The van der Waals surface area contributed by atoms with Crippen LogP contribution in [-0.4, -0.2) is 27.1 Å². The molecular formula is C16H21N3OS3. The van der Waals surface area contributed by atoms with E-state index in [0.717, 1.165) is 25.7 Å². The highest BCUT2D eigenvalue weighted by molar-refractivity contribution is 8.03. The molecule has 0 bridgehead atoms. The largest absolute Gasteiger partial charge is 0.325 e. The number of anilines is 1. The summed E-state index contributed by atoms with van der Waals surface area (Å²) >= 11 is 4.66. The van der Waals surface area contributed by atoms with Gasteiger partial charge in [-0.3, -0.25) is 4.79 Å². The molecule has 2 rings (SSSR count). The van der Waals surface area contributed by atoms with E-state index in [-0.39, 0.29) is 11.2 Å². The van der Waals surface area contributed by atoms with E-state index < -0.39 is 0 Å². The Morgan fingerprint density at radius 3 is 2.61 bits per heavy atom. The number of hydrogen-bond donors (Lipinski definition) is 1. The van der Waals surface area contributed by atoms with Crippen molar-refractivity contribution < 1.29 is 4.79 Å². The first-order valence-corrected chi connectivity index (χ1v) is 10.2. The monoisotopic (exact) mass is 367 g/mol. The molecule has 0 saturated heterocycles. The molecule has 2 aromatic rings. The van der Waals surface area contributed by atoms with Gasteiger partial charge >= 0.3 is 0 Å². The number of thioether (sulfide) groups is 2. The zero-order chi connectivity index (χ0) is 16.8.